The van der Waals surface area contributed by atoms with Gasteiger partial charge in [-0.2, -0.15) is 0 Å². The van der Waals surface area contributed by atoms with E-state index < -0.39 is 0 Å². The fourth-order valence-electron chi connectivity index (χ4n) is 2.75. The molecule has 0 bridgehead atoms. The molecule has 100 valence electrons. The van der Waals surface area contributed by atoms with Crippen LogP contribution < -0.4 is 5.73 Å². The molecule has 1 fully saturated rings. The lowest BCUT2D eigenvalue weighted by Gasteiger charge is -2.21. The summed E-state index contributed by atoms with van der Waals surface area (Å²) in [5, 5.41) is 0. The van der Waals surface area contributed by atoms with E-state index in [1.54, 1.807) is 6.07 Å². The monoisotopic (exact) mass is 250 g/mol. The highest BCUT2D eigenvalue weighted by atomic mass is 19.1. The second kappa shape index (κ2) is 6.19. The van der Waals surface area contributed by atoms with Gasteiger partial charge in [-0.05, 0) is 49.9 Å². The van der Waals surface area contributed by atoms with Crippen molar-refractivity contribution in [1.29, 1.82) is 0 Å². The van der Waals surface area contributed by atoms with E-state index in [0.717, 1.165) is 31.1 Å². The molecule has 0 aliphatic carbocycles. The topological polar surface area (TPSA) is 29.3 Å². The Hall–Kier alpha value is -1.09. The average Bonchev–Trinajstić information content (AvgIpc) is 2.60. The first-order valence-electron chi connectivity index (χ1n) is 6.96. The highest BCUT2D eigenvalue weighted by molar-refractivity contribution is 5.47. The molecule has 2 rings (SSSR count). The highest BCUT2D eigenvalue weighted by Gasteiger charge is 2.16. The zero-order chi connectivity index (χ0) is 13.0. The summed E-state index contributed by atoms with van der Waals surface area (Å²) < 4.78 is 13.4. The van der Waals surface area contributed by atoms with Crippen LogP contribution in [0.3, 0.4) is 0 Å². The molecule has 1 aliphatic rings. The van der Waals surface area contributed by atoms with E-state index in [4.69, 9.17) is 5.73 Å². The summed E-state index contributed by atoms with van der Waals surface area (Å²) in [5.74, 6) is 0.564. The number of para-hydroxylation sites is 1. The van der Waals surface area contributed by atoms with Crippen molar-refractivity contribution >= 4 is 5.69 Å². The smallest absolute Gasteiger partial charge is 0.146 e. The average molecular weight is 250 g/mol. The Morgan fingerprint density at radius 1 is 1.33 bits per heavy atom. The SMILES string of the molecule is CCC1CCCN(Cc2cccc(F)c2N)CC1. The third kappa shape index (κ3) is 3.22. The number of anilines is 1. The van der Waals surface area contributed by atoms with Crippen LogP contribution in [0.5, 0.6) is 0 Å². The maximum atomic E-state index is 13.4. The maximum absolute atomic E-state index is 13.4. The van der Waals surface area contributed by atoms with Crippen molar-refractivity contribution < 1.29 is 4.39 Å². The van der Waals surface area contributed by atoms with Gasteiger partial charge in [-0.25, -0.2) is 4.39 Å². The molecule has 1 unspecified atom stereocenters. The maximum Gasteiger partial charge on any atom is 0.146 e. The van der Waals surface area contributed by atoms with Crippen molar-refractivity contribution in [3.05, 3.63) is 29.6 Å². The first-order chi connectivity index (χ1) is 8.70. The van der Waals surface area contributed by atoms with Gasteiger partial charge in [0.05, 0.1) is 5.69 Å². The number of hydrogen-bond donors (Lipinski definition) is 1. The van der Waals surface area contributed by atoms with Crippen LogP contribution in [0, 0.1) is 11.7 Å². The molecule has 1 heterocycles. The van der Waals surface area contributed by atoms with E-state index in [9.17, 15) is 4.39 Å². The summed E-state index contributed by atoms with van der Waals surface area (Å²) in [6.07, 6.45) is 5.10. The van der Waals surface area contributed by atoms with Gasteiger partial charge >= 0.3 is 0 Å². The van der Waals surface area contributed by atoms with Gasteiger partial charge in [0.2, 0.25) is 0 Å². The molecule has 2 N–H and O–H groups in total. The molecule has 1 aromatic carbocycles. The Morgan fingerprint density at radius 2 is 2.17 bits per heavy atom. The zero-order valence-corrected chi connectivity index (χ0v) is 11.2. The second-order valence-corrected chi connectivity index (χ2v) is 5.29. The summed E-state index contributed by atoms with van der Waals surface area (Å²) in [7, 11) is 0. The number of nitrogens with zero attached hydrogens (tertiary/aromatic N) is 1. The first-order valence-corrected chi connectivity index (χ1v) is 6.96. The van der Waals surface area contributed by atoms with Crippen molar-refractivity contribution in [3.63, 3.8) is 0 Å². The van der Waals surface area contributed by atoms with Crippen LogP contribution in [0.25, 0.3) is 0 Å². The molecule has 1 atom stereocenters. The summed E-state index contributed by atoms with van der Waals surface area (Å²) in [5.41, 5.74) is 7.03. The number of hydrogen-bond acceptors (Lipinski definition) is 2. The number of nitrogen functional groups attached to an aromatic ring is 1. The predicted molar refractivity (Wildman–Crippen MR) is 73.7 cm³/mol. The van der Waals surface area contributed by atoms with Gasteiger partial charge in [-0.3, -0.25) is 4.90 Å². The van der Waals surface area contributed by atoms with Crippen molar-refractivity contribution in [2.45, 2.75) is 39.2 Å². The van der Waals surface area contributed by atoms with Gasteiger partial charge in [0.15, 0.2) is 0 Å². The molecule has 0 amide bonds. The normalized spacial score (nSPS) is 21.8. The lowest BCUT2D eigenvalue weighted by molar-refractivity contribution is 0.272. The summed E-state index contributed by atoms with van der Waals surface area (Å²) in [6.45, 7) is 5.26. The van der Waals surface area contributed by atoms with Crippen molar-refractivity contribution in [3.8, 4) is 0 Å². The quantitative estimate of drug-likeness (QED) is 0.833. The number of likely N-dealkylation sites (tertiary alicyclic amines) is 1. The molecule has 1 aliphatic heterocycles. The molecule has 1 aromatic rings. The number of nitrogens with two attached hydrogens (primary N) is 1. The minimum Gasteiger partial charge on any atom is -0.396 e. The van der Waals surface area contributed by atoms with Crippen molar-refractivity contribution in [2.75, 3.05) is 18.8 Å². The van der Waals surface area contributed by atoms with E-state index in [0.29, 0.717) is 5.69 Å². The van der Waals surface area contributed by atoms with Crippen LogP contribution >= 0.6 is 0 Å². The van der Waals surface area contributed by atoms with Crippen LogP contribution in [0.15, 0.2) is 18.2 Å². The Morgan fingerprint density at radius 3 is 2.94 bits per heavy atom. The molecule has 0 saturated carbocycles. The molecule has 0 spiro atoms. The van der Waals surface area contributed by atoms with Crippen LogP contribution in [0.2, 0.25) is 0 Å². The molecule has 0 radical (unpaired) electrons. The Kier molecular flexibility index (Phi) is 4.59. The standard InChI is InChI=1S/C15H23FN2/c1-2-12-5-4-9-18(10-8-12)11-13-6-3-7-14(16)15(13)17/h3,6-7,12H,2,4-5,8-11,17H2,1H3. The molecular formula is C15H23FN2. The van der Waals surface area contributed by atoms with Gasteiger partial charge in [-0.1, -0.05) is 25.5 Å². The van der Waals surface area contributed by atoms with Crippen molar-refractivity contribution in [2.24, 2.45) is 5.92 Å². The van der Waals surface area contributed by atoms with E-state index in [1.165, 1.54) is 31.7 Å². The van der Waals surface area contributed by atoms with Gasteiger partial charge in [-0.15, -0.1) is 0 Å². The third-order valence-corrected chi connectivity index (χ3v) is 4.05. The van der Waals surface area contributed by atoms with E-state index >= 15 is 0 Å². The largest absolute Gasteiger partial charge is 0.396 e. The molecule has 0 aromatic heterocycles. The first kappa shape index (κ1) is 13.3. The lowest BCUT2D eigenvalue weighted by Crippen LogP contribution is -2.25. The van der Waals surface area contributed by atoms with Crippen LogP contribution in [-0.4, -0.2) is 18.0 Å². The molecule has 18 heavy (non-hydrogen) atoms. The van der Waals surface area contributed by atoms with Crippen molar-refractivity contribution in [1.82, 2.24) is 4.90 Å². The third-order valence-electron chi connectivity index (χ3n) is 4.05. The highest BCUT2D eigenvalue weighted by Crippen LogP contribution is 2.23. The van der Waals surface area contributed by atoms with Gasteiger partial charge in [0.1, 0.15) is 5.82 Å². The molecular weight excluding hydrogens is 227 g/mol. The number of rotatable bonds is 3. The fraction of sp³-hybridized carbons (Fsp3) is 0.600. The summed E-state index contributed by atoms with van der Waals surface area (Å²) in [6, 6.07) is 5.10. The van der Waals surface area contributed by atoms with E-state index in [-0.39, 0.29) is 5.82 Å². The fourth-order valence-corrected chi connectivity index (χ4v) is 2.75. The second-order valence-electron chi connectivity index (χ2n) is 5.29. The van der Waals surface area contributed by atoms with Crippen LogP contribution in [-0.2, 0) is 6.54 Å². The minimum atomic E-state index is -0.297. The predicted octanol–water partition coefficient (Wildman–Crippen LogP) is 3.42. The molecule has 3 heteroatoms. The number of benzene rings is 1. The minimum absolute atomic E-state index is 0.297. The number of halogens is 1. The van der Waals surface area contributed by atoms with E-state index in [2.05, 4.69) is 11.8 Å². The molecule has 2 nitrogen and oxygen atoms in total. The zero-order valence-electron chi connectivity index (χ0n) is 11.2. The van der Waals surface area contributed by atoms with E-state index in [1.807, 2.05) is 6.07 Å². The molecule has 1 saturated heterocycles. The summed E-state index contributed by atoms with van der Waals surface area (Å²) >= 11 is 0. The van der Waals surface area contributed by atoms with Gasteiger partial charge in [0.25, 0.3) is 0 Å². The van der Waals surface area contributed by atoms with Gasteiger partial charge < -0.3 is 5.73 Å². The van der Waals surface area contributed by atoms with Crippen LogP contribution in [0.4, 0.5) is 10.1 Å². The Bertz CT molecular complexity index is 392. The summed E-state index contributed by atoms with van der Waals surface area (Å²) in [4.78, 5) is 2.40. The Balaban J connectivity index is 1.99. The van der Waals surface area contributed by atoms with Gasteiger partial charge in [0, 0.05) is 6.54 Å². The Labute approximate surface area is 109 Å². The van der Waals surface area contributed by atoms with Crippen LogP contribution in [0.1, 0.15) is 38.2 Å². The lowest BCUT2D eigenvalue weighted by atomic mass is 9.98.